The average molecular weight is 417 g/mol. The number of carbonyl (C=O) groups is 1. The summed E-state index contributed by atoms with van der Waals surface area (Å²) in [7, 11) is 0. The summed E-state index contributed by atoms with van der Waals surface area (Å²) >= 11 is 6.27. The first-order chi connectivity index (χ1) is 14.5. The zero-order chi connectivity index (χ0) is 20.8. The highest BCUT2D eigenvalue weighted by Gasteiger charge is 2.43. The van der Waals surface area contributed by atoms with Gasteiger partial charge in [-0.2, -0.15) is 5.10 Å². The number of benzene rings is 3. The maximum absolute atomic E-state index is 13.4. The van der Waals surface area contributed by atoms with Crippen molar-refractivity contribution in [1.29, 1.82) is 0 Å². The summed E-state index contributed by atoms with van der Waals surface area (Å²) < 4.78 is 6.16. The molecule has 3 aromatic rings. The van der Waals surface area contributed by atoms with Gasteiger partial charge in [0.2, 0.25) is 5.78 Å². The molecular weight excluding hydrogens is 396 g/mol. The molecule has 0 N–H and O–H groups in total. The van der Waals surface area contributed by atoms with Crippen LogP contribution in [0, 0.1) is 13.8 Å². The molecule has 2 aliphatic heterocycles. The Kier molecular flexibility index (Phi) is 4.59. The predicted molar refractivity (Wildman–Crippen MR) is 118 cm³/mol. The fourth-order valence-corrected chi connectivity index (χ4v) is 4.19. The van der Waals surface area contributed by atoms with Gasteiger partial charge in [0.15, 0.2) is 0 Å². The third kappa shape index (κ3) is 3.27. The molecule has 4 nitrogen and oxygen atoms in total. The monoisotopic (exact) mass is 416 g/mol. The average Bonchev–Trinajstić information content (AvgIpc) is 3.19. The van der Waals surface area contributed by atoms with Crippen molar-refractivity contribution in [1.82, 2.24) is 5.01 Å². The molecule has 0 saturated carbocycles. The van der Waals surface area contributed by atoms with E-state index in [1.54, 1.807) is 11.1 Å². The number of hydrazone groups is 1. The van der Waals surface area contributed by atoms with Gasteiger partial charge in [0.25, 0.3) is 6.23 Å². The first kappa shape index (κ1) is 18.9. The van der Waals surface area contributed by atoms with Gasteiger partial charge in [-0.15, -0.1) is 0 Å². The highest BCUT2D eigenvalue weighted by molar-refractivity contribution is 6.30. The number of fused-ring (bicyclic) bond motifs is 3. The van der Waals surface area contributed by atoms with E-state index in [1.165, 1.54) is 5.56 Å². The fourth-order valence-electron chi connectivity index (χ4n) is 4.01. The molecule has 0 radical (unpaired) electrons. The maximum Gasteiger partial charge on any atom is 0.251 e. The predicted octanol–water partition coefficient (Wildman–Crippen LogP) is 5.71. The van der Waals surface area contributed by atoms with E-state index in [9.17, 15) is 4.79 Å². The van der Waals surface area contributed by atoms with E-state index in [4.69, 9.17) is 21.4 Å². The van der Waals surface area contributed by atoms with Gasteiger partial charge in [-0.05, 0) is 37.6 Å². The summed E-state index contributed by atoms with van der Waals surface area (Å²) in [6, 6.07) is 21.3. The van der Waals surface area contributed by atoms with E-state index in [1.807, 2.05) is 43.3 Å². The van der Waals surface area contributed by atoms with Gasteiger partial charge in [0, 0.05) is 22.6 Å². The summed E-state index contributed by atoms with van der Waals surface area (Å²) in [6.07, 6.45) is -0.119. The number of ether oxygens (including phenoxy) is 1. The Morgan fingerprint density at radius 3 is 2.37 bits per heavy atom. The first-order valence-electron chi connectivity index (χ1n) is 9.99. The van der Waals surface area contributed by atoms with Gasteiger partial charge >= 0.3 is 0 Å². The molecule has 0 unspecified atom stereocenters. The standard InChI is InChI=1S/C25H21ClN2O2/c1-15-3-7-17(8-4-15)21-14-22-20-13-19(26)11-12-23(20)30-25(28(22)27-21)24(29)18-9-5-16(2)6-10-18/h3-13,22,25H,14H2,1-2H3/t22-,25+/m1/s1. The minimum atomic E-state index is -0.811. The summed E-state index contributed by atoms with van der Waals surface area (Å²) in [6.45, 7) is 4.06. The molecule has 2 atom stereocenters. The Bertz CT molecular complexity index is 1150. The maximum atomic E-state index is 13.4. The lowest BCUT2D eigenvalue weighted by Crippen LogP contribution is -2.45. The Morgan fingerprint density at radius 1 is 1.00 bits per heavy atom. The van der Waals surface area contributed by atoms with Gasteiger partial charge in [0.1, 0.15) is 5.75 Å². The topological polar surface area (TPSA) is 41.9 Å². The van der Waals surface area contributed by atoms with Crippen molar-refractivity contribution in [3.05, 3.63) is 99.6 Å². The van der Waals surface area contributed by atoms with Crippen LogP contribution >= 0.6 is 11.6 Å². The lowest BCUT2D eigenvalue weighted by atomic mass is 9.95. The second-order valence-corrected chi connectivity index (χ2v) is 8.33. The van der Waals surface area contributed by atoms with Gasteiger partial charge in [-0.1, -0.05) is 71.3 Å². The SMILES string of the molecule is Cc1ccc(C(=O)[C@@H]2Oc3ccc(Cl)cc3[C@H]3CC(c4ccc(C)cc4)=NN32)cc1. The number of Topliss-reactive ketones (excluding diaryl/α,β-unsaturated/α-hetero) is 1. The Morgan fingerprint density at radius 2 is 1.67 bits per heavy atom. The molecule has 0 spiro atoms. The number of hydrogen-bond acceptors (Lipinski definition) is 4. The van der Waals surface area contributed by atoms with Gasteiger partial charge in [0.05, 0.1) is 11.8 Å². The molecule has 0 aromatic heterocycles. The molecule has 5 heteroatoms. The fraction of sp³-hybridized carbons (Fsp3) is 0.200. The van der Waals surface area contributed by atoms with Crippen molar-refractivity contribution in [2.75, 3.05) is 0 Å². The van der Waals surface area contributed by atoms with E-state index >= 15 is 0 Å². The molecular formula is C25H21ClN2O2. The van der Waals surface area contributed by atoms with Crippen molar-refractivity contribution in [2.45, 2.75) is 32.5 Å². The molecule has 0 saturated heterocycles. The van der Waals surface area contributed by atoms with Gasteiger partial charge < -0.3 is 4.74 Å². The Labute approximate surface area is 180 Å². The molecule has 3 aromatic carbocycles. The summed E-state index contributed by atoms with van der Waals surface area (Å²) in [5.74, 6) is 0.584. The number of rotatable bonds is 3. The normalized spacial score (nSPS) is 19.6. The second-order valence-electron chi connectivity index (χ2n) is 7.90. The second kappa shape index (κ2) is 7.29. The molecule has 150 valence electrons. The van der Waals surface area contributed by atoms with Crippen LogP contribution in [0.15, 0.2) is 71.8 Å². The molecule has 0 aliphatic carbocycles. The van der Waals surface area contributed by atoms with Crippen LogP contribution in [0.4, 0.5) is 0 Å². The zero-order valence-corrected chi connectivity index (χ0v) is 17.6. The van der Waals surface area contributed by atoms with Crippen LogP contribution in [0.2, 0.25) is 5.02 Å². The first-order valence-corrected chi connectivity index (χ1v) is 10.4. The summed E-state index contributed by atoms with van der Waals surface area (Å²) in [5, 5.41) is 7.29. The molecule has 0 bridgehead atoms. The van der Waals surface area contributed by atoms with Crippen LogP contribution in [0.1, 0.15) is 45.1 Å². The van der Waals surface area contributed by atoms with E-state index in [-0.39, 0.29) is 11.8 Å². The number of nitrogens with zero attached hydrogens (tertiary/aromatic N) is 2. The number of ketones is 1. The Balaban J connectivity index is 1.57. The molecule has 30 heavy (non-hydrogen) atoms. The smallest absolute Gasteiger partial charge is 0.251 e. The van der Waals surface area contributed by atoms with Crippen LogP contribution in [-0.4, -0.2) is 22.7 Å². The third-order valence-corrected chi connectivity index (χ3v) is 5.93. The van der Waals surface area contributed by atoms with Crippen molar-refractivity contribution >= 4 is 23.1 Å². The van der Waals surface area contributed by atoms with Crippen molar-refractivity contribution < 1.29 is 9.53 Å². The van der Waals surface area contributed by atoms with Crippen LogP contribution in [0.25, 0.3) is 0 Å². The molecule has 0 fully saturated rings. The van der Waals surface area contributed by atoms with Crippen LogP contribution in [0.5, 0.6) is 5.75 Å². The molecule has 0 amide bonds. The van der Waals surface area contributed by atoms with E-state index < -0.39 is 6.23 Å². The van der Waals surface area contributed by atoms with Crippen LogP contribution in [-0.2, 0) is 0 Å². The van der Waals surface area contributed by atoms with Gasteiger partial charge in [-0.3, -0.25) is 4.79 Å². The third-order valence-electron chi connectivity index (χ3n) is 5.70. The minimum absolute atomic E-state index is 0.0943. The number of halogens is 1. The zero-order valence-electron chi connectivity index (χ0n) is 16.8. The van der Waals surface area contributed by atoms with E-state index in [0.717, 1.165) is 22.4 Å². The molecule has 2 heterocycles. The lowest BCUT2D eigenvalue weighted by Gasteiger charge is -2.37. The largest absolute Gasteiger partial charge is 0.461 e. The number of aryl methyl sites for hydroxylation is 2. The van der Waals surface area contributed by atoms with Crippen molar-refractivity contribution in [2.24, 2.45) is 5.10 Å². The van der Waals surface area contributed by atoms with Crippen LogP contribution in [0.3, 0.4) is 0 Å². The van der Waals surface area contributed by atoms with Crippen molar-refractivity contribution in [3.8, 4) is 5.75 Å². The summed E-state index contributed by atoms with van der Waals surface area (Å²) in [4.78, 5) is 13.4. The van der Waals surface area contributed by atoms with Crippen LogP contribution < -0.4 is 4.74 Å². The highest BCUT2D eigenvalue weighted by Crippen LogP contribution is 2.44. The van der Waals surface area contributed by atoms with Crippen molar-refractivity contribution in [3.63, 3.8) is 0 Å². The molecule has 5 rings (SSSR count). The number of carbonyl (C=O) groups excluding carboxylic acids is 1. The Hall–Kier alpha value is -3.11. The summed E-state index contributed by atoms with van der Waals surface area (Å²) in [5.41, 5.74) is 5.87. The lowest BCUT2D eigenvalue weighted by molar-refractivity contribution is -0.00455. The number of hydrogen-bond donors (Lipinski definition) is 0. The van der Waals surface area contributed by atoms with E-state index in [0.29, 0.717) is 22.8 Å². The van der Waals surface area contributed by atoms with Gasteiger partial charge in [-0.25, -0.2) is 5.01 Å². The quantitative estimate of drug-likeness (QED) is 0.513. The molecule has 2 aliphatic rings. The minimum Gasteiger partial charge on any atom is -0.461 e. The van der Waals surface area contributed by atoms with E-state index in [2.05, 4.69) is 31.2 Å². The highest BCUT2D eigenvalue weighted by atomic mass is 35.5.